The monoisotopic (exact) mass is 474 g/mol. The number of nitrogens with two attached hydrogens (primary N) is 1. The topological polar surface area (TPSA) is 152 Å². The number of anilines is 4. The van der Waals surface area contributed by atoms with Crippen molar-refractivity contribution >= 4 is 34.7 Å². The summed E-state index contributed by atoms with van der Waals surface area (Å²) in [5.41, 5.74) is 5.94. The van der Waals surface area contributed by atoms with Gasteiger partial charge in [-0.25, -0.2) is 4.79 Å². The van der Waals surface area contributed by atoms with E-state index in [1.165, 1.54) is 18.6 Å². The predicted octanol–water partition coefficient (Wildman–Crippen LogP) is 1.84. The minimum absolute atomic E-state index is 0.0149. The molecule has 0 aliphatic heterocycles. The second-order valence-corrected chi connectivity index (χ2v) is 8.92. The third kappa shape index (κ3) is 6.87. The molecule has 1 aromatic heterocycles. The van der Waals surface area contributed by atoms with Crippen LogP contribution in [0.25, 0.3) is 0 Å². The van der Waals surface area contributed by atoms with E-state index in [0.717, 1.165) is 0 Å². The molecule has 2 rings (SSSR count). The second-order valence-electron chi connectivity index (χ2n) is 8.92. The maximum Gasteiger partial charge on any atom is 0.330 e. The fraction of sp³-hybridized carbons (Fsp3) is 0.478. The van der Waals surface area contributed by atoms with E-state index in [2.05, 4.69) is 15.6 Å². The molecule has 0 aliphatic rings. The zero-order valence-corrected chi connectivity index (χ0v) is 20.5. The summed E-state index contributed by atoms with van der Waals surface area (Å²) < 4.78 is 6.62. The number of hydrogen-bond acceptors (Lipinski definition) is 7. The molecule has 2 aromatic rings. The molecule has 0 fully saturated rings. The highest BCUT2D eigenvalue weighted by molar-refractivity contribution is 5.97. The Kier molecular flexibility index (Phi) is 8.88. The highest BCUT2D eigenvalue weighted by Gasteiger charge is 2.23. The third-order valence-electron chi connectivity index (χ3n) is 4.79. The van der Waals surface area contributed by atoms with Crippen LogP contribution in [0.1, 0.15) is 34.6 Å². The predicted molar refractivity (Wildman–Crippen MR) is 134 cm³/mol. The van der Waals surface area contributed by atoms with Gasteiger partial charge in [0.05, 0.1) is 19.3 Å². The summed E-state index contributed by atoms with van der Waals surface area (Å²) in [7, 11) is 1.46. The Hall–Kier alpha value is -3.76. The maximum atomic E-state index is 13.0. The number of nitrogen functional groups attached to an aromatic ring is 1. The van der Waals surface area contributed by atoms with Crippen molar-refractivity contribution in [1.29, 1.82) is 0 Å². The largest absolute Gasteiger partial charge is 0.495 e. The zero-order chi connectivity index (χ0) is 25.6. The van der Waals surface area contributed by atoms with Crippen molar-refractivity contribution < 1.29 is 14.3 Å². The van der Waals surface area contributed by atoms with Crippen LogP contribution in [0.2, 0.25) is 0 Å². The fourth-order valence-corrected chi connectivity index (χ4v) is 3.55. The third-order valence-corrected chi connectivity index (χ3v) is 4.79. The van der Waals surface area contributed by atoms with Crippen LogP contribution in [0.4, 0.5) is 22.9 Å². The molecule has 0 aliphatic carbocycles. The van der Waals surface area contributed by atoms with Crippen LogP contribution in [-0.2, 0) is 16.1 Å². The lowest BCUT2D eigenvalue weighted by Crippen LogP contribution is -2.43. The standard InChI is InChI=1S/C23H34N6O5/c1-13(2)10-28(20-21(24)29(11-14(3)4)23(33)27-22(20)32)12-19(31)26-17-9-16(25-15(5)30)7-8-18(17)34-6/h7-9,13-14H,10-12,24H2,1-6H3,(H,25,30)(H,26,31)(H,27,32,33). The Labute approximate surface area is 198 Å². The van der Waals surface area contributed by atoms with Crippen LogP contribution in [-0.4, -0.2) is 41.6 Å². The summed E-state index contributed by atoms with van der Waals surface area (Å²) in [6.45, 7) is 9.61. The van der Waals surface area contributed by atoms with E-state index >= 15 is 0 Å². The van der Waals surface area contributed by atoms with E-state index in [1.807, 2.05) is 27.7 Å². The number of aromatic amines is 1. The smallest absolute Gasteiger partial charge is 0.330 e. The van der Waals surface area contributed by atoms with E-state index in [9.17, 15) is 19.2 Å². The van der Waals surface area contributed by atoms with Crippen molar-refractivity contribution in [3.05, 3.63) is 39.0 Å². The van der Waals surface area contributed by atoms with Gasteiger partial charge in [0.1, 0.15) is 17.3 Å². The van der Waals surface area contributed by atoms with Gasteiger partial charge in [0.15, 0.2) is 0 Å². The minimum atomic E-state index is -0.652. The highest BCUT2D eigenvalue weighted by atomic mass is 16.5. The molecular weight excluding hydrogens is 440 g/mol. The lowest BCUT2D eigenvalue weighted by molar-refractivity contribution is -0.115. The molecule has 0 saturated carbocycles. The molecule has 11 nitrogen and oxygen atoms in total. The molecule has 0 saturated heterocycles. The molecule has 0 unspecified atom stereocenters. The van der Waals surface area contributed by atoms with Gasteiger partial charge in [-0.1, -0.05) is 27.7 Å². The normalized spacial score (nSPS) is 10.9. The van der Waals surface area contributed by atoms with Crippen LogP contribution in [0.15, 0.2) is 27.8 Å². The number of aromatic nitrogens is 2. The summed E-state index contributed by atoms with van der Waals surface area (Å²) >= 11 is 0. The molecule has 0 spiro atoms. The quantitative estimate of drug-likeness (QED) is 0.410. The van der Waals surface area contributed by atoms with E-state index in [-0.39, 0.29) is 35.8 Å². The lowest BCUT2D eigenvalue weighted by atomic mass is 10.2. The first-order valence-electron chi connectivity index (χ1n) is 11.1. The van der Waals surface area contributed by atoms with Gasteiger partial charge in [-0.3, -0.25) is 23.9 Å². The summed E-state index contributed by atoms with van der Waals surface area (Å²) in [5.74, 6) is -0.0587. The molecule has 186 valence electrons. The van der Waals surface area contributed by atoms with Gasteiger partial charge in [-0.2, -0.15) is 0 Å². The lowest BCUT2D eigenvalue weighted by Gasteiger charge is -2.27. The van der Waals surface area contributed by atoms with Gasteiger partial charge in [-0.15, -0.1) is 0 Å². The van der Waals surface area contributed by atoms with E-state index < -0.39 is 17.2 Å². The number of nitrogens with one attached hydrogen (secondary N) is 3. The van der Waals surface area contributed by atoms with Crippen molar-refractivity contribution in [1.82, 2.24) is 9.55 Å². The highest BCUT2D eigenvalue weighted by Crippen LogP contribution is 2.28. The molecule has 2 amide bonds. The molecule has 0 bridgehead atoms. The maximum absolute atomic E-state index is 13.0. The first-order valence-corrected chi connectivity index (χ1v) is 11.1. The number of benzene rings is 1. The van der Waals surface area contributed by atoms with Crippen molar-refractivity contribution in [2.45, 2.75) is 41.2 Å². The number of methoxy groups -OCH3 is 1. The SMILES string of the molecule is COc1ccc(NC(C)=O)cc1NC(=O)CN(CC(C)C)c1c(N)n(CC(C)C)c(=O)[nH]c1=O. The van der Waals surface area contributed by atoms with Crippen molar-refractivity contribution in [2.24, 2.45) is 11.8 Å². The van der Waals surface area contributed by atoms with Crippen LogP contribution < -0.4 is 37.3 Å². The summed E-state index contributed by atoms with van der Waals surface area (Å²) in [6.07, 6.45) is 0. The van der Waals surface area contributed by atoms with Crippen LogP contribution in [0.3, 0.4) is 0 Å². The Balaban J connectivity index is 2.41. The van der Waals surface area contributed by atoms with Gasteiger partial charge in [0, 0.05) is 25.7 Å². The average Bonchev–Trinajstić information content (AvgIpc) is 2.70. The summed E-state index contributed by atoms with van der Waals surface area (Å²) in [6, 6.07) is 4.85. The Morgan fingerprint density at radius 2 is 1.82 bits per heavy atom. The van der Waals surface area contributed by atoms with Crippen LogP contribution >= 0.6 is 0 Å². The zero-order valence-electron chi connectivity index (χ0n) is 20.5. The molecule has 5 N–H and O–H groups in total. The van der Waals surface area contributed by atoms with Gasteiger partial charge in [-0.05, 0) is 30.0 Å². The number of amides is 2. The van der Waals surface area contributed by atoms with E-state index in [0.29, 0.717) is 30.2 Å². The number of hydrogen-bond donors (Lipinski definition) is 4. The van der Waals surface area contributed by atoms with Crippen LogP contribution in [0.5, 0.6) is 5.75 Å². The minimum Gasteiger partial charge on any atom is -0.495 e. The number of ether oxygens (including phenoxy) is 1. The van der Waals surface area contributed by atoms with Gasteiger partial charge in [0.2, 0.25) is 11.8 Å². The molecule has 0 radical (unpaired) electrons. The molecule has 0 atom stereocenters. The molecule has 11 heteroatoms. The Morgan fingerprint density at radius 3 is 2.38 bits per heavy atom. The van der Waals surface area contributed by atoms with Crippen molar-refractivity contribution in [3.8, 4) is 5.75 Å². The second kappa shape index (κ2) is 11.4. The number of rotatable bonds is 10. The van der Waals surface area contributed by atoms with Gasteiger partial charge >= 0.3 is 5.69 Å². The fourth-order valence-electron chi connectivity index (χ4n) is 3.55. The first-order chi connectivity index (χ1) is 15.9. The average molecular weight is 475 g/mol. The van der Waals surface area contributed by atoms with Crippen molar-refractivity contribution in [2.75, 3.05) is 41.5 Å². The molecule has 34 heavy (non-hydrogen) atoms. The van der Waals surface area contributed by atoms with Crippen LogP contribution in [0, 0.1) is 11.8 Å². The number of H-pyrrole nitrogens is 1. The summed E-state index contributed by atoms with van der Waals surface area (Å²) in [5, 5.41) is 5.42. The molecule has 1 aromatic carbocycles. The van der Waals surface area contributed by atoms with E-state index in [4.69, 9.17) is 10.5 Å². The van der Waals surface area contributed by atoms with Gasteiger partial charge in [0.25, 0.3) is 5.56 Å². The number of carbonyl (C=O) groups excluding carboxylic acids is 2. The van der Waals surface area contributed by atoms with Crippen molar-refractivity contribution in [3.63, 3.8) is 0 Å². The number of carbonyl (C=O) groups is 2. The summed E-state index contributed by atoms with van der Waals surface area (Å²) in [4.78, 5) is 53.3. The Morgan fingerprint density at radius 1 is 1.15 bits per heavy atom. The van der Waals surface area contributed by atoms with E-state index in [1.54, 1.807) is 23.1 Å². The van der Waals surface area contributed by atoms with Gasteiger partial charge < -0.3 is 26.0 Å². The molecule has 1 heterocycles. The Bertz CT molecular complexity index is 1150. The number of nitrogens with zero attached hydrogens (tertiary/aromatic N) is 2. The first kappa shape index (κ1) is 26.5. The molecular formula is C23H34N6O5.